The molecule has 1 atom stereocenters. The van der Waals surface area contributed by atoms with Crippen molar-refractivity contribution < 1.29 is 27.8 Å². The molecule has 110 valence electrons. The third kappa shape index (κ3) is 3.60. The van der Waals surface area contributed by atoms with Crippen LogP contribution in [-0.4, -0.2) is 54.0 Å². The molecule has 0 aromatic carbocycles. The van der Waals surface area contributed by atoms with Crippen molar-refractivity contribution in [3.63, 3.8) is 0 Å². The van der Waals surface area contributed by atoms with Crippen LogP contribution in [0.2, 0.25) is 0 Å². The highest BCUT2D eigenvalue weighted by Crippen LogP contribution is 2.38. The van der Waals surface area contributed by atoms with Gasteiger partial charge in [-0.2, -0.15) is 13.2 Å². The van der Waals surface area contributed by atoms with Gasteiger partial charge in [0.1, 0.15) is 0 Å². The van der Waals surface area contributed by atoms with Crippen molar-refractivity contribution in [3.8, 4) is 0 Å². The van der Waals surface area contributed by atoms with Crippen molar-refractivity contribution in [1.82, 2.24) is 4.90 Å². The minimum atomic E-state index is -4.10. The summed E-state index contributed by atoms with van der Waals surface area (Å²) in [6, 6.07) is 0.0596. The SMILES string of the molecule is O=C(O)C1CN(C2CCC(C(F)(F)F)CC2)CCO1. The monoisotopic (exact) mass is 281 g/mol. The molecule has 7 heteroatoms. The van der Waals surface area contributed by atoms with E-state index < -0.39 is 24.2 Å². The number of carbonyl (C=O) groups is 1. The lowest BCUT2D eigenvalue weighted by Gasteiger charge is -2.40. The van der Waals surface area contributed by atoms with Crippen LogP contribution in [0, 0.1) is 5.92 Å². The molecule has 1 aliphatic heterocycles. The second kappa shape index (κ2) is 5.66. The van der Waals surface area contributed by atoms with Crippen molar-refractivity contribution in [2.24, 2.45) is 5.92 Å². The topological polar surface area (TPSA) is 49.8 Å². The summed E-state index contributed by atoms with van der Waals surface area (Å²) in [5.74, 6) is -2.20. The summed E-state index contributed by atoms with van der Waals surface area (Å²) in [6.07, 6.45) is -3.70. The Bertz CT molecular complexity index is 327. The van der Waals surface area contributed by atoms with Crippen LogP contribution >= 0.6 is 0 Å². The summed E-state index contributed by atoms with van der Waals surface area (Å²) in [6.45, 7) is 1.21. The number of halogens is 3. The van der Waals surface area contributed by atoms with Crippen LogP contribution in [0.15, 0.2) is 0 Å². The highest BCUT2D eigenvalue weighted by Gasteiger charge is 2.42. The van der Waals surface area contributed by atoms with E-state index in [-0.39, 0.29) is 25.4 Å². The standard InChI is InChI=1S/C12H18F3NO3/c13-12(14,15)8-1-3-9(4-2-8)16-5-6-19-10(7-16)11(17)18/h8-10H,1-7H2,(H,17,18). The Morgan fingerprint density at radius 1 is 1.21 bits per heavy atom. The van der Waals surface area contributed by atoms with E-state index >= 15 is 0 Å². The summed E-state index contributed by atoms with van der Waals surface area (Å²) >= 11 is 0. The van der Waals surface area contributed by atoms with E-state index in [0.717, 1.165) is 0 Å². The van der Waals surface area contributed by atoms with Gasteiger partial charge >= 0.3 is 12.1 Å². The Morgan fingerprint density at radius 2 is 1.84 bits per heavy atom. The average Bonchev–Trinajstić information content (AvgIpc) is 2.38. The molecular formula is C12H18F3NO3. The van der Waals surface area contributed by atoms with Crippen LogP contribution in [0.5, 0.6) is 0 Å². The van der Waals surface area contributed by atoms with Crippen LogP contribution in [-0.2, 0) is 9.53 Å². The molecule has 2 aliphatic rings. The van der Waals surface area contributed by atoms with Crippen LogP contribution in [0.4, 0.5) is 13.2 Å². The summed E-state index contributed by atoms with van der Waals surface area (Å²) in [5, 5.41) is 8.90. The first-order chi connectivity index (χ1) is 8.88. The van der Waals surface area contributed by atoms with Gasteiger partial charge in [-0.3, -0.25) is 4.90 Å². The fourth-order valence-corrected chi connectivity index (χ4v) is 2.92. The average molecular weight is 281 g/mol. The van der Waals surface area contributed by atoms with Crippen molar-refractivity contribution in [2.45, 2.75) is 44.0 Å². The zero-order valence-corrected chi connectivity index (χ0v) is 10.5. The summed E-state index contributed by atoms with van der Waals surface area (Å²) in [7, 11) is 0. The van der Waals surface area contributed by atoms with E-state index in [1.165, 1.54) is 0 Å². The van der Waals surface area contributed by atoms with Crippen LogP contribution in [0.1, 0.15) is 25.7 Å². The van der Waals surface area contributed by atoms with Crippen LogP contribution in [0.3, 0.4) is 0 Å². The third-order valence-electron chi connectivity index (χ3n) is 4.05. The molecule has 1 saturated carbocycles. The Hall–Kier alpha value is -0.820. The number of hydrogen-bond donors (Lipinski definition) is 1. The molecule has 2 rings (SSSR count). The van der Waals surface area contributed by atoms with Gasteiger partial charge in [-0.05, 0) is 25.7 Å². The molecule has 2 fully saturated rings. The number of rotatable bonds is 2. The van der Waals surface area contributed by atoms with Crippen molar-refractivity contribution in [3.05, 3.63) is 0 Å². The smallest absolute Gasteiger partial charge is 0.391 e. The van der Waals surface area contributed by atoms with E-state index in [9.17, 15) is 18.0 Å². The second-order valence-electron chi connectivity index (χ2n) is 5.24. The Kier molecular flexibility index (Phi) is 4.35. The number of hydrogen-bond acceptors (Lipinski definition) is 3. The predicted molar refractivity (Wildman–Crippen MR) is 60.7 cm³/mol. The number of nitrogens with zero attached hydrogens (tertiary/aromatic N) is 1. The normalized spacial score (nSPS) is 34.2. The number of carboxylic acid groups (broad SMARTS) is 1. The number of alkyl halides is 3. The Balaban J connectivity index is 1.86. The van der Waals surface area contributed by atoms with Gasteiger partial charge in [-0.1, -0.05) is 0 Å². The van der Waals surface area contributed by atoms with Crippen LogP contribution in [0.25, 0.3) is 0 Å². The lowest BCUT2D eigenvalue weighted by molar-refractivity contribution is -0.186. The molecular weight excluding hydrogens is 263 g/mol. The maximum Gasteiger partial charge on any atom is 0.391 e. The minimum Gasteiger partial charge on any atom is -0.479 e. The molecule has 0 aromatic heterocycles. The zero-order chi connectivity index (χ0) is 14.0. The summed E-state index contributed by atoms with van der Waals surface area (Å²) in [4.78, 5) is 12.8. The van der Waals surface area contributed by atoms with Crippen LogP contribution < -0.4 is 0 Å². The van der Waals surface area contributed by atoms with Crippen molar-refractivity contribution in [1.29, 1.82) is 0 Å². The van der Waals surface area contributed by atoms with Gasteiger partial charge in [-0.15, -0.1) is 0 Å². The maximum absolute atomic E-state index is 12.6. The molecule has 0 radical (unpaired) electrons. The number of ether oxygens (including phenoxy) is 1. The molecule has 0 aromatic rings. The fraction of sp³-hybridized carbons (Fsp3) is 0.917. The highest BCUT2D eigenvalue weighted by atomic mass is 19.4. The molecule has 1 aliphatic carbocycles. The van der Waals surface area contributed by atoms with E-state index in [4.69, 9.17) is 9.84 Å². The van der Waals surface area contributed by atoms with Gasteiger partial charge in [0.15, 0.2) is 6.10 Å². The summed E-state index contributed by atoms with van der Waals surface area (Å²) < 4.78 is 42.8. The molecule has 1 unspecified atom stereocenters. The van der Waals surface area contributed by atoms with Gasteiger partial charge in [0.05, 0.1) is 12.5 Å². The Labute approximate surface area is 109 Å². The lowest BCUT2D eigenvalue weighted by Crippen LogP contribution is -2.51. The number of morpholine rings is 1. The molecule has 1 heterocycles. The van der Waals surface area contributed by atoms with E-state index in [1.54, 1.807) is 0 Å². The van der Waals surface area contributed by atoms with Crippen molar-refractivity contribution in [2.75, 3.05) is 19.7 Å². The fourth-order valence-electron chi connectivity index (χ4n) is 2.92. The van der Waals surface area contributed by atoms with Gasteiger partial charge in [0.25, 0.3) is 0 Å². The molecule has 1 saturated heterocycles. The first-order valence-electron chi connectivity index (χ1n) is 6.53. The van der Waals surface area contributed by atoms with E-state index in [0.29, 0.717) is 26.0 Å². The largest absolute Gasteiger partial charge is 0.479 e. The number of aliphatic carboxylic acids is 1. The van der Waals surface area contributed by atoms with Crippen molar-refractivity contribution >= 4 is 5.97 Å². The van der Waals surface area contributed by atoms with Gasteiger partial charge in [0, 0.05) is 19.1 Å². The van der Waals surface area contributed by atoms with Gasteiger partial charge in [0.2, 0.25) is 0 Å². The zero-order valence-electron chi connectivity index (χ0n) is 10.5. The van der Waals surface area contributed by atoms with E-state index in [2.05, 4.69) is 0 Å². The molecule has 1 N–H and O–H groups in total. The molecule has 4 nitrogen and oxygen atoms in total. The molecule has 0 spiro atoms. The second-order valence-corrected chi connectivity index (χ2v) is 5.24. The number of carboxylic acids is 1. The molecule has 0 amide bonds. The van der Waals surface area contributed by atoms with Gasteiger partial charge < -0.3 is 9.84 Å². The highest BCUT2D eigenvalue weighted by molar-refractivity contribution is 5.72. The first-order valence-corrected chi connectivity index (χ1v) is 6.53. The minimum absolute atomic E-state index is 0.0596. The predicted octanol–water partition coefficient (Wildman–Crippen LogP) is 1.89. The lowest BCUT2D eigenvalue weighted by atomic mass is 9.84. The summed E-state index contributed by atoms with van der Waals surface area (Å²) in [5.41, 5.74) is 0. The first kappa shape index (κ1) is 14.6. The van der Waals surface area contributed by atoms with E-state index in [1.807, 2.05) is 4.90 Å². The molecule has 19 heavy (non-hydrogen) atoms. The third-order valence-corrected chi connectivity index (χ3v) is 4.05. The Morgan fingerprint density at radius 3 is 2.37 bits per heavy atom. The quantitative estimate of drug-likeness (QED) is 0.840. The maximum atomic E-state index is 12.6. The molecule has 0 bridgehead atoms. The van der Waals surface area contributed by atoms with Gasteiger partial charge in [-0.25, -0.2) is 4.79 Å².